The van der Waals surface area contributed by atoms with Gasteiger partial charge in [-0.3, -0.25) is 0 Å². The summed E-state index contributed by atoms with van der Waals surface area (Å²) < 4.78 is 3.05. The van der Waals surface area contributed by atoms with Crippen LogP contribution in [0.4, 0.5) is 5.95 Å². The van der Waals surface area contributed by atoms with Crippen molar-refractivity contribution in [3.63, 3.8) is 0 Å². The molecule has 2 unspecified atom stereocenters. The minimum Gasteiger partial charge on any atom is -0.346 e. The van der Waals surface area contributed by atoms with E-state index in [2.05, 4.69) is 73.8 Å². The number of rotatable bonds is 2. The Labute approximate surface area is 152 Å². The second kappa shape index (κ2) is 6.09. The lowest BCUT2D eigenvalue weighted by molar-refractivity contribution is 0.424. The topological polar surface area (TPSA) is 55.6 Å². The average Bonchev–Trinajstić information content (AvgIpc) is 3.03. The molecule has 4 rings (SSSR count). The fourth-order valence-electron chi connectivity index (χ4n) is 2.94. The fourth-order valence-corrected chi connectivity index (χ4v) is 3.50. The number of halogens is 2. The minimum absolute atomic E-state index is 0.0595. The van der Waals surface area contributed by atoms with Crippen molar-refractivity contribution in [2.45, 2.75) is 18.5 Å². The van der Waals surface area contributed by atoms with Crippen LogP contribution < -0.4 is 5.32 Å². The average molecular weight is 438 g/mol. The Bertz CT molecular complexity index is 832. The molecule has 1 aliphatic heterocycles. The zero-order valence-corrected chi connectivity index (χ0v) is 14.9. The van der Waals surface area contributed by atoms with Crippen molar-refractivity contribution in [3.05, 3.63) is 68.3 Å². The van der Waals surface area contributed by atoms with Crippen molar-refractivity contribution >= 4 is 40.1 Å². The van der Waals surface area contributed by atoms with E-state index in [9.17, 15) is 0 Å². The van der Waals surface area contributed by atoms with Gasteiger partial charge in [0.25, 0.3) is 0 Å². The largest absolute Gasteiger partial charge is 0.346 e. The molecule has 0 saturated heterocycles. The molecule has 0 bridgehead atoms. The standard InChI is InChI=1S/C16H13ClIN5/c17-12-3-1-2-11(8-12)15-9-14(10-4-6-13(18)7-5-10)19-16-20-21-22-23(15)16/h1-8,14-15H,9H2,(H,19,20,22). The van der Waals surface area contributed by atoms with E-state index in [4.69, 9.17) is 11.6 Å². The molecule has 2 atom stereocenters. The van der Waals surface area contributed by atoms with Gasteiger partial charge in [0.15, 0.2) is 0 Å². The number of hydrogen-bond donors (Lipinski definition) is 1. The van der Waals surface area contributed by atoms with Gasteiger partial charge in [0.2, 0.25) is 5.95 Å². The Morgan fingerprint density at radius 3 is 2.74 bits per heavy atom. The lowest BCUT2D eigenvalue weighted by atomic mass is 9.93. The maximum absolute atomic E-state index is 6.16. The molecule has 0 aliphatic carbocycles. The molecule has 7 heteroatoms. The first-order valence-electron chi connectivity index (χ1n) is 7.26. The lowest BCUT2D eigenvalue weighted by Gasteiger charge is -2.31. The van der Waals surface area contributed by atoms with Crippen LogP contribution in [-0.4, -0.2) is 20.2 Å². The molecule has 2 heterocycles. The van der Waals surface area contributed by atoms with Crippen molar-refractivity contribution in [2.75, 3.05) is 5.32 Å². The van der Waals surface area contributed by atoms with Gasteiger partial charge in [-0.2, -0.15) is 0 Å². The van der Waals surface area contributed by atoms with Crippen LogP contribution in [0.15, 0.2) is 48.5 Å². The van der Waals surface area contributed by atoms with Crippen LogP contribution in [0.3, 0.4) is 0 Å². The van der Waals surface area contributed by atoms with E-state index in [1.54, 1.807) is 0 Å². The van der Waals surface area contributed by atoms with Crippen molar-refractivity contribution in [1.29, 1.82) is 0 Å². The normalized spacial score (nSPS) is 19.9. The van der Waals surface area contributed by atoms with Gasteiger partial charge in [-0.1, -0.05) is 41.0 Å². The van der Waals surface area contributed by atoms with Crippen molar-refractivity contribution in [1.82, 2.24) is 20.2 Å². The first-order chi connectivity index (χ1) is 11.2. The van der Waals surface area contributed by atoms with E-state index < -0.39 is 0 Å². The van der Waals surface area contributed by atoms with Crippen LogP contribution in [0.1, 0.15) is 29.6 Å². The highest BCUT2D eigenvalue weighted by atomic mass is 127. The van der Waals surface area contributed by atoms with E-state index in [1.807, 2.05) is 22.9 Å². The third kappa shape index (κ3) is 2.92. The summed E-state index contributed by atoms with van der Waals surface area (Å²) in [4.78, 5) is 0. The minimum atomic E-state index is 0.0595. The van der Waals surface area contributed by atoms with Gasteiger partial charge < -0.3 is 5.32 Å². The summed E-state index contributed by atoms with van der Waals surface area (Å²) in [5.41, 5.74) is 2.34. The summed E-state index contributed by atoms with van der Waals surface area (Å²) in [6, 6.07) is 16.6. The first-order valence-corrected chi connectivity index (χ1v) is 8.72. The molecule has 1 N–H and O–H groups in total. The molecule has 1 aromatic heterocycles. The van der Waals surface area contributed by atoms with Crippen molar-refractivity contribution < 1.29 is 0 Å². The number of nitrogens with zero attached hydrogens (tertiary/aromatic N) is 4. The molecule has 2 aromatic carbocycles. The van der Waals surface area contributed by atoms with Crippen molar-refractivity contribution in [2.24, 2.45) is 0 Å². The number of fused-ring (bicyclic) bond motifs is 1. The molecular weight excluding hydrogens is 425 g/mol. The van der Waals surface area contributed by atoms with Crippen LogP contribution in [0, 0.1) is 3.57 Å². The smallest absolute Gasteiger partial charge is 0.243 e. The highest BCUT2D eigenvalue weighted by Gasteiger charge is 2.30. The molecule has 3 aromatic rings. The Balaban J connectivity index is 1.73. The van der Waals surface area contributed by atoms with Crippen molar-refractivity contribution in [3.8, 4) is 0 Å². The number of tetrazole rings is 1. The number of aromatic nitrogens is 4. The Kier molecular flexibility index (Phi) is 3.94. The maximum Gasteiger partial charge on any atom is 0.243 e. The van der Waals surface area contributed by atoms with Gasteiger partial charge in [-0.05, 0) is 74.8 Å². The van der Waals surface area contributed by atoms with Gasteiger partial charge in [0.05, 0.1) is 12.1 Å². The summed E-state index contributed by atoms with van der Waals surface area (Å²) in [6.45, 7) is 0. The highest BCUT2D eigenvalue weighted by Crippen LogP contribution is 2.37. The van der Waals surface area contributed by atoms with Gasteiger partial charge in [-0.25, -0.2) is 4.68 Å². The highest BCUT2D eigenvalue weighted by molar-refractivity contribution is 14.1. The van der Waals surface area contributed by atoms with E-state index in [1.165, 1.54) is 9.13 Å². The zero-order chi connectivity index (χ0) is 15.8. The molecule has 23 heavy (non-hydrogen) atoms. The third-order valence-electron chi connectivity index (χ3n) is 4.06. The molecule has 5 nitrogen and oxygen atoms in total. The zero-order valence-electron chi connectivity index (χ0n) is 12.0. The Morgan fingerprint density at radius 1 is 1.13 bits per heavy atom. The van der Waals surface area contributed by atoms with Crippen LogP contribution in [-0.2, 0) is 0 Å². The monoisotopic (exact) mass is 437 g/mol. The van der Waals surface area contributed by atoms with Crippen LogP contribution in [0.25, 0.3) is 0 Å². The van der Waals surface area contributed by atoms with Crippen LogP contribution in [0.5, 0.6) is 0 Å². The molecule has 0 radical (unpaired) electrons. The first kappa shape index (κ1) is 14.9. The quantitative estimate of drug-likeness (QED) is 0.614. The van der Waals surface area contributed by atoms with E-state index >= 15 is 0 Å². The van der Waals surface area contributed by atoms with Crippen LogP contribution >= 0.6 is 34.2 Å². The van der Waals surface area contributed by atoms with Crippen LogP contribution in [0.2, 0.25) is 5.02 Å². The summed E-state index contributed by atoms with van der Waals surface area (Å²) in [5.74, 6) is 0.685. The third-order valence-corrected chi connectivity index (χ3v) is 5.01. The number of anilines is 1. The molecule has 0 amide bonds. The van der Waals surface area contributed by atoms with Gasteiger partial charge in [-0.15, -0.1) is 0 Å². The molecule has 0 fully saturated rings. The molecule has 0 saturated carbocycles. The van der Waals surface area contributed by atoms with Gasteiger partial charge in [0.1, 0.15) is 0 Å². The predicted molar refractivity (Wildman–Crippen MR) is 97.5 cm³/mol. The maximum atomic E-state index is 6.16. The summed E-state index contributed by atoms with van der Waals surface area (Å²) >= 11 is 8.47. The van der Waals surface area contributed by atoms with E-state index in [0.717, 1.165) is 17.0 Å². The van der Waals surface area contributed by atoms with E-state index in [-0.39, 0.29) is 12.1 Å². The number of benzene rings is 2. The molecule has 1 aliphatic rings. The lowest BCUT2D eigenvalue weighted by Crippen LogP contribution is -2.28. The second-order valence-electron chi connectivity index (χ2n) is 5.50. The van der Waals surface area contributed by atoms with Gasteiger partial charge >= 0.3 is 0 Å². The van der Waals surface area contributed by atoms with Gasteiger partial charge in [0, 0.05) is 8.59 Å². The number of hydrogen-bond acceptors (Lipinski definition) is 4. The fraction of sp³-hybridized carbons (Fsp3) is 0.188. The molecule has 0 spiro atoms. The summed E-state index contributed by atoms with van der Waals surface area (Å²) in [5, 5.41) is 16.2. The van der Waals surface area contributed by atoms with E-state index in [0.29, 0.717) is 5.95 Å². The Morgan fingerprint density at radius 2 is 1.96 bits per heavy atom. The molecular formula is C16H13ClIN5. The predicted octanol–water partition coefficient (Wildman–Crippen LogP) is 4.08. The Hall–Kier alpha value is -1.67. The molecule has 116 valence electrons. The second-order valence-corrected chi connectivity index (χ2v) is 7.18. The number of nitrogens with one attached hydrogen (secondary N) is 1. The summed E-state index contributed by atoms with van der Waals surface area (Å²) in [6.07, 6.45) is 0.860. The SMILES string of the molecule is Clc1cccc(C2CC(c3ccc(I)cc3)Nc3nnnn32)c1. The summed E-state index contributed by atoms with van der Waals surface area (Å²) in [7, 11) is 0.